The van der Waals surface area contributed by atoms with Crippen LogP contribution >= 0.6 is 0 Å². The first-order chi connectivity index (χ1) is 8.29. The van der Waals surface area contributed by atoms with Gasteiger partial charge in [0.05, 0.1) is 12.8 Å². The fraction of sp³-hybridized carbons (Fsp3) is 0.154. The largest absolute Gasteiger partial charge is 0.495 e. The molecule has 0 spiro atoms. The van der Waals surface area contributed by atoms with Crippen LogP contribution in [0.1, 0.15) is 5.56 Å². The van der Waals surface area contributed by atoms with Gasteiger partial charge in [0.25, 0.3) is 0 Å². The molecule has 0 unspecified atom stereocenters. The van der Waals surface area contributed by atoms with Crippen LogP contribution in [0.25, 0.3) is 0 Å². The molecular weight excluding hydrogens is 219 g/mol. The second-order valence-electron chi connectivity index (χ2n) is 3.55. The number of hydrogen-bond acceptors (Lipinski definition) is 3. The number of nitrogens with one attached hydrogen (secondary N) is 1. The average molecular weight is 232 g/mol. The third-order valence-corrected chi connectivity index (χ3v) is 2.39. The Bertz CT molecular complexity index is 488. The van der Waals surface area contributed by atoms with Crippen molar-refractivity contribution in [2.75, 3.05) is 12.4 Å². The summed E-state index contributed by atoms with van der Waals surface area (Å²) in [5, 5.41) is 3.13. The van der Waals surface area contributed by atoms with Gasteiger partial charge in [-0.1, -0.05) is 0 Å². The summed E-state index contributed by atoms with van der Waals surface area (Å²) in [5.74, 6) is 0.337. The molecule has 0 radical (unpaired) electrons. The summed E-state index contributed by atoms with van der Waals surface area (Å²) in [6.07, 6.45) is 3.44. The molecule has 0 saturated heterocycles. The van der Waals surface area contributed by atoms with E-state index in [1.165, 1.54) is 12.1 Å². The number of benzene rings is 1. The van der Waals surface area contributed by atoms with E-state index in [9.17, 15) is 4.39 Å². The first-order valence-corrected chi connectivity index (χ1v) is 5.26. The lowest BCUT2D eigenvalue weighted by atomic mass is 10.2. The quantitative estimate of drug-likeness (QED) is 0.880. The van der Waals surface area contributed by atoms with Crippen molar-refractivity contribution in [3.63, 3.8) is 0 Å². The summed E-state index contributed by atoms with van der Waals surface area (Å²) in [4.78, 5) is 3.94. The standard InChI is InChI=1S/C13H13FN2O/c1-17-13-3-2-11(14)8-12(13)16-9-10-4-6-15-7-5-10/h2-8,16H,9H2,1H3. The molecule has 0 aliphatic heterocycles. The Balaban J connectivity index is 2.11. The molecule has 2 aromatic rings. The van der Waals surface area contributed by atoms with E-state index in [0.29, 0.717) is 18.0 Å². The minimum Gasteiger partial charge on any atom is -0.495 e. The molecule has 0 fully saturated rings. The molecule has 0 aliphatic rings. The van der Waals surface area contributed by atoms with Crippen molar-refractivity contribution in [2.45, 2.75) is 6.54 Å². The molecule has 17 heavy (non-hydrogen) atoms. The molecule has 0 saturated carbocycles. The minimum absolute atomic E-state index is 0.289. The average Bonchev–Trinajstić information content (AvgIpc) is 2.38. The Morgan fingerprint density at radius 1 is 1.24 bits per heavy atom. The molecule has 88 valence electrons. The van der Waals surface area contributed by atoms with Gasteiger partial charge in [0.2, 0.25) is 0 Å². The van der Waals surface area contributed by atoms with E-state index in [1.54, 1.807) is 25.6 Å². The van der Waals surface area contributed by atoms with Crippen LogP contribution in [-0.4, -0.2) is 12.1 Å². The molecule has 1 aromatic carbocycles. The van der Waals surface area contributed by atoms with Crippen LogP contribution in [0.2, 0.25) is 0 Å². The Morgan fingerprint density at radius 2 is 2.00 bits per heavy atom. The first kappa shape index (κ1) is 11.4. The number of pyridine rings is 1. The van der Waals surface area contributed by atoms with Crippen molar-refractivity contribution < 1.29 is 9.13 Å². The van der Waals surface area contributed by atoms with Gasteiger partial charge in [-0.3, -0.25) is 4.98 Å². The van der Waals surface area contributed by atoms with E-state index >= 15 is 0 Å². The second-order valence-corrected chi connectivity index (χ2v) is 3.55. The zero-order chi connectivity index (χ0) is 12.1. The third-order valence-electron chi connectivity index (χ3n) is 2.39. The van der Waals surface area contributed by atoms with Crippen molar-refractivity contribution in [1.29, 1.82) is 0 Å². The number of nitrogens with zero attached hydrogens (tertiary/aromatic N) is 1. The Morgan fingerprint density at radius 3 is 2.71 bits per heavy atom. The van der Waals surface area contributed by atoms with Crippen molar-refractivity contribution in [3.05, 3.63) is 54.1 Å². The van der Waals surface area contributed by atoms with Gasteiger partial charge >= 0.3 is 0 Å². The van der Waals surface area contributed by atoms with E-state index in [1.807, 2.05) is 12.1 Å². The number of aromatic nitrogens is 1. The number of ether oxygens (including phenoxy) is 1. The fourth-order valence-electron chi connectivity index (χ4n) is 1.52. The predicted octanol–water partition coefficient (Wildman–Crippen LogP) is 2.84. The number of hydrogen-bond donors (Lipinski definition) is 1. The molecule has 2 rings (SSSR count). The van der Waals surface area contributed by atoms with Crippen molar-refractivity contribution in [1.82, 2.24) is 4.98 Å². The van der Waals surface area contributed by atoms with Crippen LogP contribution in [0, 0.1) is 5.82 Å². The fourth-order valence-corrected chi connectivity index (χ4v) is 1.52. The smallest absolute Gasteiger partial charge is 0.142 e. The molecule has 3 nitrogen and oxygen atoms in total. The third kappa shape index (κ3) is 2.93. The summed E-state index contributed by atoms with van der Waals surface area (Å²) in [7, 11) is 1.56. The molecule has 0 atom stereocenters. The van der Waals surface area contributed by atoms with Crippen molar-refractivity contribution in [2.24, 2.45) is 0 Å². The van der Waals surface area contributed by atoms with Crippen molar-refractivity contribution in [3.8, 4) is 5.75 Å². The van der Waals surface area contributed by atoms with E-state index in [-0.39, 0.29) is 5.82 Å². The lowest BCUT2D eigenvalue weighted by Crippen LogP contribution is -2.01. The highest BCUT2D eigenvalue weighted by molar-refractivity contribution is 5.56. The summed E-state index contributed by atoms with van der Waals surface area (Å²) in [6, 6.07) is 8.19. The Labute approximate surface area is 99.3 Å². The summed E-state index contributed by atoms with van der Waals surface area (Å²) >= 11 is 0. The first-order valence-electron chi connectivity index (χ1n) is 5.26. The van der Waals surface area contributed by atoms with Crippen LogP contribution < -0.4 is 10.1 Å². The molecule has 1 aromatic heterocycles. The topological polar surface area (TPSA) is 34.1 Å². The molecular formula is C13H13FN2O. The minimum atomic E-state index is -0.289. The van der Waals surface area contributed by atoms with Crippen LogP contribution in [0.5, 0.6) is 5.75 Å². The number of rotatable bonds is 4. The molecule has 1 heterocycles. The van der Waals surface area contributed by atoms with Crippen LogP contribution in [-0.2, 0) is 6.54 Å². The van der Waals surface area contributed by atoms with Gasteiger partial charge in [0.1, 0.15) is 11.6 Å². The van der Waals surface area contributed by atoms with Gasteiger partial charge in [-0.15, -0.1) is 0 Å². The zero-order valence-corrected chi connectivity index (χ0v) is 9.48. The zero-order valence-electron chi connectivity index (χ0n) is 9.48. The number of methoxy groups -OCH3 is 1. The SMILES string of the molecule is COc1ccc(F)cc1NCc1ccncc1. The van der Waals surface area contributed by atoms with Gasteiger partial charge < -0.3 is 10.1 Å². The lowest BCUT2D eigenvalue weighted by Gasteiger charge is -2.11. The maximum atomic E-state index is 13.1. The molecule has 0 bridgehead atoms. The van der Waals surface area contributed by atoms with Gasteiger partial charge in [-0.05, 0) is 29.8 Å². The van der Waals surface area contributed by atoms with Gasteiger partial charge in [0, 0.05) is 25.0 Å². The van der Waals surface area contributed by atoms with Crippen molar-refractivity contribution >= 4 is 5.69 Å². The normalized spacial score (nSPS) is 10.0. The summed E-state index contributed by atoms with van der Waals surface area (Å²) in [6.45, 7) is 0.600. The molecule has 0 aliphatic carbocycles. The highest BCUT2D eigenvalue weighted by Crippen LogP contribution is 2.25. The Kier molecular flexibility index (Phi) is 3.55. The molecule has 1 N–H and O–H groups in total. The number of anilines is 1. The lowest BCUT2D eigenvalue weighted by molar-refractivity contribution is 0.415. The highest BCUT2D eigenvalue weighted by atomic mass is 19.1. The van der Waals surface area contributed by atoms with Gasteiger partial charge in [-0.2, -0.15) is 0 Å². The Hall–Kier alpha value is -2.10. The maximum absolute atomic E-state index is 13.1. The van der Waals surface area contributed by atoms with Crippen LogP contribution in [0.15, 0.2) is 42.7 Å². The van der Waals surface area contributed by atoms with Gasteiger partial charge in [-0.25, -0.2) is 4.39 Å². The predicted molar refractivity (Wildman–Crippen MR) is 64.5 cm³/mol. The van der Waals surface area contributed by atoms with E-state index in [4.69, 9.17) is 4.74 Å². The van der Waals surface area contributed by atoms with Crippen LogP contribution in [0.3, 0.4) is 0 Å². The van der Waals surface area contributed by atoms with E-state index in [0.717, 1.165) is 5.56 Å². The van der Waals surface area contributed by atoms with E-state index < -0.39 is 0 Å². The second kappa shape index (κ2) is 5.30. The molecule has 4 heteroatoms. The van der Waals surface area contributed by atoms with E-state index in [2.05, 4.69) is 10.3 Å². The van der Waals surface area contributed by atoms with Crippen LogP contribution in [0.4, 0.5) is 10.1 Å². The molecule has 0 amide bonds. The summed E-state index contributed by atoms with van der Waals surface area (Å²) in [5.41, 5.74) is 1.72. The summed E-state index contributed by atoms with van der Waals surface area (Å²) < 4.78 is 18.3. The monoisotopic (exact) mass is 232 g/mol. The number of halogens is 1. The van der Waals surface area contributed by atoms with Gasteiger partial charge in [0.15, 0.2) is 0 Å². The highest BCUT2D eigenvalue weighted by Gasteiger charge is 2.03. The maximum Gasteiger partial charge on any atom is 0.142 e.